The van der Waals surface area contributed by atoms with Crippen molar-refractivity contribution in [3.8, 4) is 11.5 Å². The average molecular weight is 315 g/mol. The number of rotatable bonds is 6. The lowest BCUT2D eigenvalue weighted by Crippen LogP contribution is -2.13. The highest BCUT2D eigenvalue weighted by Gasteiger charge is 2.15. The molecule has 120 valence electrons. The van der Waals surface area contributed by atoms with Crippen molar-refractivity contribution in [1.82, 2.24) is 0 Å². The number of hydrogen-bond acceptors (Lipinski definition) is 5. The van der Waals surface area contributed by atoms with Crippen LogP contribution in [0.25, 0.3) is 0 Å². The van der Waals surface area contributed by atoms with E-state index in [1.165, 1.54) is 25.3 Å². The zero-order valence-corrected chi connectivity index (χ0v) is 13.2. The number of methoxy groups -OCH3 is 1. The summed E-state index contributed by atoms with van der Waals surface area (Å²) in [5, 5.41) is 10.8. The number of ether oxygens (including phenoxy) is 2. The molecule has 0 aliphatic heterocycles. The molecule has 0 bridgehead atoms. The molecule has 23 heavy (non-hydrogen) atoms. The van der Waals surface area contributed by atoms with Crippen LogP contribution >= 0.6 is 0 Å². The number of ketones is 1. The lowest BCUT2D eigenvalue weighted by Gasteiger charge is -2.11. The summed E-state index contributed by atoms with van der Waals surface area (Å²) in [7, 11) is 1.39. The van der Waals surface area contributed by atoms with E-state index >= 15 is 0 Å². The fourth-order valence-electron chi connectivity index (χ4n) is 2.15. The van der Waals surface area contributed by atoms with Gasteiger partial charge < -0.3 is 9.47 Å². The van der Waals surface area contributed by atoms with Crippen LogP contribution in [0.2, 0.25) is 0 Å². The summed E-state index contributed by atoms with van der Waals surface area (Å²) in [6.45, 7) is 3.61. The quantitative estimate of drug-likeness (QED) is 0.463. The Labute approximate surface area is 133 Å². The number of non-ortho nitro benzene ring substituents is 1. The Kier molecular flexibility index (Phi) is 4.95. The van der Waals surface area contributed by atoms with Crippen molar-refractivity contribution in [2.24, 2.45) is 0 Å². The fourth-order valence-corrected chi connectivity index (χ4v) is 2.15. The smallest absolute Gasteiger partial charge is 0.273 e. The third-order valence-electron chi connectivity index (χ3n) is 3.41. The Balaban J connectivity index is 2.15. The highest BCUT2D eigenvalue weighted by atomic mass is 16.6. The molecule has 0 amide bonds. The molecule has 0 aliphatic carbocycles. The van der Waals surface area contributed by atoms with Gasteiger partial charge in [-0.1, -0.05) is 17.7 Å². The van der Waals surface area contributed by atoms with Crippen molar-refractivity contribution in [3.63, 3.8) is 0 Å². The number of nitro groups is 1. The molecule has 6 heteroatoms. The Morgan fingerprint density at radius 1 is 1.13 bits per heavy atom. The Bertz CT molecular complexity index is 755. The minimum atomic E-state index is -0.520. The number of nitro benzene ring substituents is 1. The lowest BCUT2D eigenvalue weighted by atomic mass is 10.0. The van der Waals surface area contributed by atoms with E-state index in [0.717, 1.165) is 11.1 Å². The summed E-state index contributed by atoms with van der Waals surface area (Å²) in [4.78, 5) is 22.5. The molecule has 6 nitrogen and oxygen atoms in total. The first-order valence-corrected chi connectivity index (χ1v) is 6.98. The van der Waals surface area contributed by atoms with Gasteiger partial charge in [-0.25, -0.2) is 0 Å². The van der Waals surface area contributed by atoms with Gasteiger partial charge in [0.1, 0.15) is 0 Å². The number of Topliss-reactive ketones (excluding diaryl/α,β-unsaturated/α-hetero) is 1. The van der Waals surface area contributed by atoms with E-state index in [0.29, 0.717) is 5.56 Å². The van der Waals surface area contributed by atoms with Gasteiger partial charge in [-0.15, -0.1) is 0 Å². The van der Waals surface area contributed by atoms with Gasteiger partial charge in [0.05, 0.1) is 18.1 Å². The van der Waals surface area contributed by atoms with Gasteiger partial charge in [0.2, 0.25) is 0 Å². The van der Waals surface area contributed by atoms with Gasteiger partial charge in [0, 0.05) is 11.6 Å². The fraction of sp³-hybridized carbons (Fsp3) is 0.235. The standard InChI is InChI=1S/C17H17NO5/c1-11-4-5-12(2)14(8-11)15(19)10-23-16-7-6-13(18(20)21)9-17(16)22-3/h4-9H,10H2,1-3H3. The molecule has 0 unspecified atom stereocenters. The van der Waals surface area contributed by atoms with E-state index in [1.807, 2.05) is 32.0 Å². The van der Waals surface area contributed by atoms with Crippen molar-refractivity contribution in [1.29, 1.82) is 0 Å². The second kappa shape index (κ2) is 6.91. The van der Waals surface area contributed by atoms with E-state index in [2.05, 4.69) is 0 Å². The van der Waals surface area contributed by atoms with Crippen LogP contribution in [-0.4, -0.2) is 24.4 Å². The van der Waals surface area contributed by atoms with Crippen LogP contribution in [0, 0.1) is 24.0 Å². The van der Waals surface area contributed by atoms with E-state index in [4.69, 9.17) is 9.47 Å². The molecule has 0 radical (unpaired) electrons. The molecular formula is C17H17NO5. The van der Waals surface area contributed by atoms with Crippen molar-refractivity contribution in [3.05, 3.63) is 63.2 Å². The predicted octanol–water partition coefficient (Wildman–Crippen LogP) is 3.48. The number of nitrogens with zero attached hydrogens (tertiary/aromatic N) is 1. The number of benzene rings is 2. The minimum absolute atomic E-state index is 0.102. The summed E-state index contributed by atoms with van der Waals surface area (Å²) in [5.41, 5.74) is 2.37. The van der Waals surface area contributed by atoms with Gasteiger partial charge in [-0.3, -0.25) is 14.9 Å². The number of aryl methyl sites for hydroxylation is 2. The summed E-state index contributed by atoms with van der Waals surface area (Å²) in [6, 6.07) is 9.63. The highest BCUT2D eigenvalue weighted by Crippen LogP contribution is 2.31. The van der Waals surface area contributed by atoms with Crippen molar-refractivity contribution in [2.75, 3.05) is 13.7 Å². The highest BCUT2D eigenvalue weighted by molar-refractivity contribution is 5.98. The molecule has 0 aromatic heterocycles. The maximum atomic E-state index is 12.3. The molecular weight excluding hydrogens is 298 g/mol. The molecule has 0 saturated carbocycles. The maximum Gasteiger partial charge on any atom is 0.273 e. The molecule has 2 rings (SSSR count). The third kappa shape index (κ3) is 3.85. The summed E-state index contributed by atoms with van der Waals surface area (Å²) in [6.07, 6.45) is 0. The zero-order valence-electron chi connectivity index (χ0n) is 13.2. The lowest BCUT2D eigenvalue weighted by molar-refractivity contribution is -0.384. The number of carbonyl (C=O) groups is 1. The number of hydrogen-bond donors (Lipinski definition) is 0. The second-order valence-corrected chi connectivity index (χ2v) is 5.12. The minimum Gasteiger partial charge on any atom is -0.493 e. The van der Waals surface area contributed by atoms with Crippen LogP contribution in [0.4, 0.5) is 5.69 Å². The van der Waals surface area contributed by atoms with E-state index in [-0.39, 0.29) is 29.6 Å². The molecule has 0 saturated heterocycles. The van der Waals surface area contributed by atoms with Crippen LogP contribution in [0.15, 0.2) is 36.4 Å². The SMILES string of the molecule is COc1cc([N+](=O)[O-])ccc1OCC(=O)c1cc(C)ccc1C. The first-order chi connectivity index (χ1) is 10.9. The molecule has 0 N–H and O–H groups in total. The Hall–Kier alpha value is -2.89. The van der Waals surface area contributed by atoms with E-state index in [9.17, 15) is 14.9 Å². The van der Waals surface area contributed by atoms with Gasteiger partial charge in [0.25, 0.3) is 5.69 Å². The maximum absolute atomic E-state index is 12.3. The first kappa shape index (κ1) is 16.5. The zero-order chi connectivity index (χ0) is 17.0. The van der Waals surface area contributed by atoms with Gasteiger partial charge >= 0.3 is 0 Å². The van der Waals surface area contributed by atoms with E-state index in [1.54, 1.807) is 0 Å². The summed E-state index contributed by atoms with van der Waals surface area (Å²) in [5.74, 6) is 0.344. The molecule has 0 aliphatic rings. The molecule has 0 fully saturated rings. The van der Waals surface area contributed by atoms with E-state index < -0.39 is 4.92 Å². The van der Waals surface area contributed by atoms with Crippen LogP contribution in [0.3, 0.4) is 0 Å². The Morgan fingerprint density at radius 3 is 2.52 bits per heavy atom. The van der Waals surface area contributed by atoms with Crippen molar-refractivity contribution >= 4 is 11.5 Å². The Morgan fingerprint density at radius 2 is 1.87 bits per heavy atom. The van der Waals surface area contributed by atoms with Gasteiger partial charge in [0.15, 0.2) is 23.9 Å². The largest absolute Gasteiger partial charge is 0.493 e. The summed E-state index contributed by atoms with van der Waals surface area (Å²) < 4.78 is 10.6. The van der Waals surface area contributed by atoms with Gasteiger partial charge in [-0.05, 0) is 31.5 Å². The van der Waals surface area contributed by atoms with Crippen LogP contribution in [0.5, 0.6) is 11.5 Å². The topological polar surface area (TPSA) is 78.7 Å². The first-order valence-electron chi connectivity index (χ1n) is 6.98. The summed E-state index contributed by atoms with van der Waals surface area (Å²) >= 11 is 0. The van der Waals surface area contributed by atoms with Crippen molar-refractivity contribution in [2.45, 2.75) is 13.8 Å². The van der Waals surface area contributed by atoms with Crippen LogP contribution < -0.4 is 9.47 Å². The second-order valence-electron chi connectivity index (χ2n) is 5.12. The molecule has 2 aromatic carbocycles. The van der Waals surface area contributed by atoms with Crippen LogP contribution in [0.1, 0.15) is 21.5 Å². The molecule has 0 atom stereocenters. The van der Waals surface area contributed by atoms with Gasteiger partial charge in [-0.2, -0.15) is 0 Å². The predicted molar refractivity (Wildman–Crippen MR) is 85.4 cm³/mol. The molecule has 2 aromatic rings. The molecule has 0 spiro atoms. The monoisotopic (exact) mass is 315 g/mol. The average Bonchev–Trinajstić information content (AvgIpc) is 2.54. The molecule has 0 heterocycles. The van der Waals surface area contributed by atoms with Crippen molar-refractivity contribution < 1.29 is 19.2 Å². The number of carbonyl (C=O) groups excluding carboxylic acids is 1. The normalized spacial score (nSPS) is 10.2. The third-order valence-corrected chi connectivity index (χ3v) is 3.41. The van der Waals surface area contributed by atoms with Crippen LogP contribution in [-0.2, 0) is 0 Å².